The Balaban J connectivity index is 1.36. The van der Waals surface area contributed by atoms with Gasteiger partial charge in [0.25, 0.3) is 0 Å². The number of carbonyl (C=O) groups is 1. The summed E-state index contributed by atoms with van der Waals surface area (Å²) in [6.07, 6.45) is 5.96. The van der Waals surface area contributed by atoms with Crippen molar-refractivity contribution in [3.8, 4) is 16.9 Å². The van der Waals surface area contributed by atoms with Crippen molar-refractivity contribution in [2.75, 3.05) is 31.2 Å². The first kappa shape index (κ1) is 24.3. The summed E-state index contributed by atoms with van der Waals surface area (Å²) in [5, 5.41) is 8.82. The largest absolute Gasteiger partial charge is 0.378 e. The summed E-state index contributed by atoms with van der Waals surface area (Å²) < 4.78 is 7.25. The standard InChI is InChI=1S/C28H31N5O2S/c1-19-5-6-20(14-25(34)26-7-8-27(36-26)28(2,3)4)13-24(19)33-18-23(30-31-33)21-15-22(17-29-16-21)32-9-11-35-12-10-32/h5-8,13,15-18H,9-12,14H2,1-4H3. The molecule has 8 heteroatoms. The number of pyridine rings is 1. The molecule has 1 aromatic carbocycles. The van der Waals surface area contributed by atoms with Gasteiger partial charge >= 0.3 is 0 Å². The summed E-state index contributed by atoms with van der Waals surface area (Å²) in [4.78, 5) is 21.7. The van der Waals surface area contributed by atoms with Crippen molar-refractivity contribution < 1.29 is 9.53 Å². The maximum absolute atomic E-state index is 13.0. The van der Waals surface area contributed by atoms with E-state index in [1.165, 1.54) is 4.88 Å². The summed E-state index contributed by atoms with van der Waals surface area (Å²) in [6, 6.07) is 12.2. The van der Waals surface area contributed by atoms with Crippen LogP contribution in [-0.4, -0.2) is 52.1 Å². The van der Waals surface area contributed by atoms with Gasteiger partial charge in [-0.15, -0.1) is 16.4 Å². The van der Waals surface area contributed by atoms with Gasteiger partial charge in [0.05, 0.1) is 41.9 Å². The molecule has 0 radical (unpaired) electrons. The maximum Gasteiger partial charge on any atom is 0.177 e. The molecule has 0 atom stereocenters. The van der Waals surface area contributed by atoms with Crippen LogP contribution in [0.5, 0.6) is 0 Å². The number of aromatic nitrogens is 4. The van der Waals surface area contributed by atoms with Crippen LogP contribution in [0, 0.1) is 6.92 Å². The highest BCUT2D eigenvalue weighted by Gasteiger charge is 2.19. The molecule has 36 heavy (non-hydrogen) atoms. The Bertz CT molecular complexity index is 1380. The molecule has 0 bridgehead atoms. The zero-order valence-corrected chi connectivity index (χ0v) is 22.0. The molecule has 4 heterocycles. The van der Waals surface area contributed by atoms with Gasteiger partial charge in [-0.05, 0) is 47.7 Å². The number of benzene rings is 1. The number of nitrogens with zero attached hydrogens (tertiary/aromatic N) is 5. The van der Waals surface area contributed by atoms with E-state index < -0.39 is 0 Å². The SMILES string of the molecule is Cc1ccc(CC(=O)c2ccc(C(C)(C)C)s2)cc1-n1cc(-c2cncc(N3CCOCC3)c2)nn1. The number of carbonyl (C=O) groups excluding carboxylic acids is 1. The molecule has 1 aliphatic rings. The predicted octanol–water partition coefficient (Wildman–Crippen LogP) is 5.26. The van der Waals surface area contributed by atoms with E-state index in [0.29, 0.717) is 6.42 Å². The highest BCUT2D eigenvalue weighted by molar-refractivity contribution is 7.14. The van der Waals surface area contributed by atoms with Crippen LogP contribution in [0.4, 0.5) is 5.69 Å². The monoisotopic (exact) mass is 501 g/mol. The van der Waals surface area contributed by atoms with Crippen LogP contribution >= 0.6 is 11.3 Å². The number of ether oxygens (including phenoxy) is 1. The fourth-order valence-corrected chi connectivity index (χ4v) is 5.25. The second kappa shape index (κ2) is 9.95. The topological polar surface area (TPSA) is 73.1 Å². The van der Waals surface area contributed by atoms with Gasteiger partial charge in [0.2, 0.25) is 0 Å². The second-order valence-corrected chi connectivity index (χ2v) is 11.3. The zero-order valence-electron chi connectivity index (χ0n) is 21.2. The van der Waals surface area contributed by atoms with Crippen LogP contribution in [0.2, 0.25) is 0 Å². The first-order chi connectivity index (χ1) is 17.3. The summed E-state index contributed by atoms with van der Waals surface area (Å²) in [7, 11) is 0. The van der Waals surface area contributed by atoms with Gasteiger partial charge in [-0.2, -0.15) is 0 Å². The van der Waals surface area contributed by atoms with Crippen LogP contribution in [0.3, 0.4) is 0 Å². The average Bonchev–Trinajstić information content (AvgIpc) is 3.57. The number of aryl methyl sites for hydroxylation is 1. The lowest BCUT2D eigenvalue weighted by Crippen LogP contribution is -2.36. The van der Waals surface area contributed by atoms with Crippen molar-refractivity contribution >= 4 is 22.8 Å². The number of morpholine rings is 1. The van der Waals surface area contributed by atoms with Gasteiger partial charge in [-0.1, -0.05) is 38.1 Å². The molecule has 1 aliphatic heterocycles. The minimum absolute atomic E-state index is 0.0439. The van der Waals surface area contributed by atoms with Gasteiger partial charge in [0.1, 0.15) is 5.69 Å². The predicted molar refractivity (Wildman–Crippen MR) is 143 cm³/mol. The van der Waals surface area contributed by atoms with Crippen LogP contribution in [0.15, 0.2) is 55.0 Å². The highest BCUT2D eigenvalue weighted by Crippen LogP contribution is 2.30. The molecule has 4 aromatic rings. The number of Topliss-reactive ketones (excluding diaryl/α,β-unsaturated/α-hetero) is 1. The van der Waals surface area contributed by atoms with E-state index in [1.807, 2.05) is 49.8 Å². The van der Waals surface area contributed by atoms with E-state index in [1.54, 1.807) is 16.0 Å². The van der Waals surface area contributed by atoms with Crippen molar-refractivity contribution in [3.63, 3.8) is 0 Å². The molecule has 186 valence electrons. The third kappa shape index (κ3) is 5.24. The fraction of sp³-hybridized carbons (Fsp3) is 0.357. The van der Waals surface area contributed by atoms with Gasteiger partial charge in [-0.25, -0.2) is 4.68 Å². The van der Waals surface area contributed by atoms with E-state index in [-0.39, 0.29) is 11.2 Å². The van der Waals surface area contributed by atoms with E-state index in [9.17, 15) is 4.79 Å². The van der Waals surface area contributed by atoms with E-state index in [0.717, 1.165) is 64.9 Å². The van der Waals surface area contributed by atoms with Gasteiger partial charge in [0.15, 0.2) is 5.78 Å². The number of anilines is 1. The summed E-state index contributed by atoms with van der Waals surface area (Å²) >= 11 is 1.59. The highest BCUT2D eigenvalue weighted by atomic mass is 32.1. The molecule has 0 unspecified atom stereocenters. The van der Waals surface area contributed by atoms with Crippen molar-refractivity contribution in [3.05, 3.63) is 75.9 Å². The molecule has 0 N–H and O–H groups in total. The quantitative estimate of drug-likeness (QED) is 0.336. The Hall–Kier alpha value is -3.36. The summed E-state index contributed by atoms with van der Waals surface area (Å²) in [5.41, 5.74) is 5.72. The Morgan fingerprint density at radius 3 is 2.64 bits per heavy atom. The van der Waals surface area contributed by atoms with Crippen molar-refractivity contribution in [2.45, 2.75) is 39.5 Å². The Morgan fingerprint density at radius 1 is 1.08 bits per heavy atom. The molecule has 7 nitrogen and oxygen atoms in total. The van der Waals surface area contributed by atoms with E-state index >= 15 is 0 Å². The molecule has 1 fully saturated rings. The fourth-order valence-electron chi connectivity index (χ4n) is 4.25. The van der Waals surface area contributed by atoms with E-state index in [4.69, 9.17) is 4.74 Å². The lowest BCUT2D eigenvalue weighted by Gasteiger charge is -2.28. The summed E-state index contributed by atoms with van der Waals surface area (Å²) in [6.45, 7) is 11.7. The molecular formula is C28H31N5O2S. The number of hydrogen-bond donors (Lipinski definition) is 0. The minimum atomic E-state index is 0.0439. The second-order valence-electron chi connectivity index (χ2n) is 10.2. The summed E-state index contributed by atoms with van der Waals surface area (Å²) in [5.74, 6) is 0.135. The average molecular weight is 502 g/mol. The van der Waals surface area contributed by atoms with Gasteiger partial charge < -0.3 is 9.64 Å². The first-order valence-electron chi connectivity index (χ1n) is 12.2. The zero-order chi connectivity index (χ0) is 25.3. The van der Waals surface area contributed by atoms with Crippen LogP contribution < -0.4 is 4.90 Å². The number of rotatable bonds is 6. The smallest absolute Gasteiger partial charge is 0.177 e. The third-order valence-corrected chi connectivity index (χ3v) is 7.95. The van der Waals surface area contributed by atoms with Gasteiger partial charge in [0, 0.05) is 36.1 Å². The molecular weight excluding hydrogens is 470 g/mol. The number of thiophene rings is 1. The molecule has 3 aromatic heterocycles. The van der Waals surface area contributed by atoms with Crippen molar-refractivity contribution in [2.24, 2.45) is 0 Å². The molecule has 0 saturated carbocycles. The lowest BCUT2D eigenvalue weighted by molar-refractivity contribution is 0.0997. The Kier molecular flexibility index (Phi) is 6.73. The van der Waals surface area contributed by atoms with Crippen LogP contribution in [-0.2, 0) is 16.6 Å². The van der Waals surface area contributed by atoms with Crippen LogP contribution in [0.1, 0.15) is 46.4 Å². The van der Waals surface area contributed by atoms with Crippen molar-refractivity contribution in [1.29, 1.82) is 0 Å². The Labute approximate surface area is 215 Å². The minimum Gasteiger partial charge on any atom is -0.378 e. The molecule has 0 aliphatic carbocycles. The molecule has 5 rings (SSSR count). The molecule has 1 saturated heterocycles. The third-order valence-electron chi connectivity index (χ3n) is 6.39. The van der Waals surface area contributed by atoms with Gasteiger partial charge in [-0.3, -0.25) is 9.78 Å². The molecule has 0 amide bonds. The Morgan fingerprint density at radius 2 is 1.89 bits per heavy atom. The van der Waals surface area contributed by atoms with Crippen LogP contribution in [0.25, 0.3) is 16.9 Å². The lowest BCUT2D eigenvalue weighted by atomic mass is 9.95. The normalized spacial score (nSPS) is 14.3. The first-order valence-corrected chi connectivity index (χ1v) is 13.0. The van der Waals surface area contributed by atoms with Crippen molar-refractivity contribution in [1.82, 2.24) is 20.0 Å². The number of ketones is 1. The molecule has 0 spiro atoms. The number of hydrogen-bond acceptors (Lipinski definition) is 7. The maximum atomic E-state index is 13.0. The van der Waals surface area contributed by atoms with E-state index in [2.05, 4.69) is 53.1 Å².